The van der Waals surface area contributed by atoms with E-state index in [1.54, 1.807) is 6.92 Å². The van der Waals surface area contributed by atoms with Crippen LogP contribution in [0.2, 0.25) is 0 Å². The molecule has 0 bridgehead atoms. The van der Waals surface area contributed by atoms with Crippen LogP contribution in [-0.4, -0.2) is 42.6 Å². The molecule has 0 aliphatic rings. The zero-order valence-corrected chi connectivity index (χ0v) is 17.9. The number of nitrogens with one attached hydrogen (secondary N) is 3. The number of carbonyl (C=O) groups is 1. The smallest absolute Gasteiger partial charge is 0.221 e. The van der Waals surface area contributed by atoms with Gasteiger partial charge in [0.2, 0.25) is 5.91 Å². The highest BCUT2D eigenvalue weighted by Gasteiger charge is 2.23. The van der Waals surface area contributed by atoms with Crippen molar-refractivity contribution in [2.24, 2.45) is 4.99 Å². The summed E-state index contributed by atoms with van der Waals surface area (Å²) in [5, 5.41) is 21.5. The van der Waals surface area contributed by atoms with E-state index < -0.39 is 5.60 Å². The zero-order valence-electron chi connectivity index (χ0n) is 14.8. The van der Waals surface area contributed by atoms with Crippen LogP contribution in [-0.2, 0) is 10.4 Å². The van der Waals surface area contributed by atoms with Crippen LogP contribution in [0.25, 0.3) is 0 Å². The van der Waals surface area contributed by atoms with Gasteiger partial charge in [0.1, 0.15) is 5.60 Å². The number of hydrogen-bond donors (Lipinski definition) is 4. The Balaban J connectivity index is 0.00000529. The summed E-state index contributed by atoms with van der Waals surface area (Å²) >= 11 is 1.51. The Labute approximate surface area is 165 Å². The van der Waals surface area contributed by atoms with E-state index in [0.717, 1.165) is 4.88 Å². The number of halogens is 1. The summed E-state index contributed by atoms with van der Waals surface area (Å²) in [6.07, 6.45) is 0.379. The van der Waals surface area contributed by atoms with E-state index in [1.807, 2.05) is 38.3 Å². The predicted molar refractivity (Wildman–Crippen MR) is 111 cm³/mol. The zero-order chi connectivity index (χ0) is 17.3. The van der Waals surface area contributed by atoms with Gasteiger partial charge in [-0.05, 0) is 39.1 Å². The SMILES string of the molecule is CCNC(=NCC(C)(O)c1cccs1)NCCC(=O)NC(C)C.I. The first-order chi connectivity index (χ1) is 10.8. The topological polar surface area (TPSA) is 85.8 Å². The molecule has 1 atom stereocenters. The lowest BCUT2D eigenvalue weighted by Gasteiger charge is -2.20. The highest BCUT2D eigenvalue weighted by atomic mass is 127. The number of guanidine groups is 1. The standard InChI is InChI=1S/C16H28N4O2S.HI/c1-5-17-15(18-9-8-14(21)20-12(2)3)19-11-16(4,22)13-7-6-10-23-13;/h6-7,10,12,22H,5,8-9,11H2,1-4H3,(H,20,21)(H2,17,18,19);1H. The summed E-state index contributed by atoms with van der Waals surface area (Å²) < 4.78 is 0. The third-order valence-electron chi connectivity index (χ3n) is 3.04. The molecule has 0 aromatic carbocycles. The van der Waals surface area contributed by atoms with Crippen LogP contribution in [0.5, 0.6) is 0 Å². The molecule has 1 heterocycles. The number of carbonyl (C=O) groups excluding carboxylic acids is 1. The fourth-order valence-electron chi connectivity index (χ4n) is 1.93. The summed E-state index contributed by atoms with van der Waals surface area (Å²) in [5.74, 6) is 0.607. The lowest BCUT2D eigenvalue weighted by atomic mass is 10.1. The van der Waals surface area contributed by atoms with Crippen molar-refractivity contribution < 1.29 is 9.90 Å². The molecule has 1 amide bonds. The molecule has 0 aliphatic carbocycles. The summed E-state index contributed by atoms with van der Waals surface area (Å²) in [5.41, 5.74) is -0.995. The van der Waals surface area contributed by atoms with E-state index in [-0.39, 0.29) is 42.5 Å². The maximum Gasteiger partial charge on any atom is 0.221 e. The first-order valence-corrected chi connectivity index (χ1v) is 8.81. The Morgan fingerprint density at radius 3 is 2.67 bits per heavy atom. The van der Waals surface area contributed by atoms with Crippen molar-refractivity contribution in [3.05, 3.63) is 22.4 Å². The quantitative estimate of drug-likeness (QED) is 0.267. The average molecular weight is 468 g/mol. The molecule has 1 aromatic heterocycles. The minimum absolute atomic E-state index is 0. The van der Waals surface area contributed by atoms with Gasteiger partial charge < -0.3 is 21.1 Å². The molecule has 0 aliphatic heterocycles. The first-order valence-electron chi connectivity index (χ1n) is 7.93. The predicted octanol–water partition coefficient (Wildman–Crippen LogP) is 2.04. The molecule has 4 N–H and O–H groups in total. The van der Waals surface area contributed by atoms with Crippen molar-refractivity contribution in [2.45, 2.75) is 45.8 Å². The molecular weight excluding hydrogens is 439 g/mol. The number of thiophene rings is 1. The van der Waals surface area contributed by atoms with E-state index >= 15 is 0 Å². The van der Waals surface area contributed by atoms with Crippen LogP contribution in [0.15, 0.2) is 22.5 Å². The molecule has 0 fully saturated rings. The highest BCUT2D eigenvalue weighted by Crippen LogP contribution is 2.25. The number of aliphatic hydroxyl groups is 1. The Kier molecular flexibility index (Phi) is 11.2. The van der Waals surface area contributed by atoms with Crippen molar-refractivity contribution in [1.29, 1.82) is 0 Å². The third kappa shape index (κ3) is 8.84. The molecule has 8 heteroatoms. The van der Waals surface area contributed by atoms with Gasteiger partial charge in [0.25, 0.3) is 0 Å². The van der Waals surface area contributed by atoms with E-state index in [2.05, 4.69) is 20.9 Å². The first kappa shape index (κ1) is 23.1. The van der Waals surface area contributed by atoms with Crippen LogP contribution < -0.4 is 16.0 Å². The largest absolute Gasteiger partial charge is 0.383 e. The van der Waals surface area contributed by atoms with Gasteiger partial charge in [0, 0.05) is 30.4 Å². The van der Waals surface area contributed by atoms with Gasteiger partial charge >= 0.3 is 0 Å². The van der Waals surface area contributed by atoms with E-state index in [4.69, 9.17) is 0 Å². The van der Waals surface area contributed by atoms with Gasteiger partial charge in [-0.25, -0.2) is 4.99 Å². The Hall–Kier alpha value is -0.870. The third-order valence-corrected chi connectivity index (χ3v) is 4.16. The summed E-state index contributed by atoms with van der Waals surface area (Å²) in [7, 11) is 0. The maximum absolute atomic E-state index is 11.6. The van der Waals surface area contributed by atoms with Gasteiger partial charge in [-0.3, -0.25) is 4.79 Å². The van der Waals surface area contributed by atoms with Gasteiger partial charge in [0.15, 0.2) is 5.96 Å². The number of hydrogen-bond acceptors (Lipinski definition) is 4. The van der Waals surface area contributed by atoms with Crippen molar-refractivity contribution >= 4 is 47.2 Å². The molecule has 1 aromatic rings. The average Bonchev–Trinajstić information content (AvgIpc) is 2.99. The second kappa shape index (κ2) is 11.6. The van der Waals surface area contributed by atoms with Gasteiger partial charge in [0.05, 0.1) is 6.54 Å². The van der Waals surface area contributed by atoms with Crippen molar-refractivity contribution in [1.82, 2.24) is 16.0 Å². The molecule has 0 spiro atoms. The van der Waals surface area contributed by atoms with Crippen molar-refractivity contribution in [3.63, 3.8) is 0 Å². The molecule has 138 valence electrons. The lowest BCUT2D eigenvalue weighted by Crippen LogP contribution is -2.41. The fourth-order valence-corrected chi connectivity index (χ4v) is 2.71. The summed E-state index contributed by atoms with van der Waals surface area (Å²) in [6.45, 7) is 9.05. The van der Waals surface area contributed by atoms with Gasteiger partial charge in [-0.1, -0.05) is 6.07 Å². The van der Waals surface area contributed by atoms with E-state index in [1.165, 1.54) is 11.3 Å². The molecule has 6 nitrogen and oxygen atoms in total. The molecule has 24 heavy (non-hydrogen) atoms. The number of nitrogens with zero attached hydrogens (tertiary/aromatic N) is 1. The minimum Gasteiger partial charge on any atom is -0.383 e. The van der Waals surface area contributed by atoms with Crippen LogP contribution >= 0.6 is 35.3 Å². The second-order valence-electron chi connectivity index (χ2n) is 5.85. The molecule has 1 rings (SSSR count). The van der Waals surface area contributed by atoms with Crippen molar-refractivity contribution in [2.75, 3.05) is 19.6 Å². The Morgan fingerprint density at radius 1 is 1.42 bits per heavy atom. The van der Waals surface area contributed by atoms with Crippen LogP contribution in [0.1, 0.15) is 39.0 Å². The van der Waals surface area contributed by atoms with E-state index in [0.29, 0.717) is 25.5 Å². The number of amides is 1. The molecule has 1 unspecified atom stereocenters. The van der Waals surface area contributed by atoms with Crippen LogP contribution in [0.4, 0.5) is 0 Å². The second-order valence-corrected chi connectivity index (χ2v) is 6.79. The highest BCUT2D eigenvalue weighted by molar-refractivity contribution is 14.0. The fraction of sp³-hybridized carbons (Fsp3) is 0.625. The van der Waals surface area contributed by atoms with Gasteiger partial charge in [-0.2, -0.15) is 0 Å². The molecule has 0 radical (unpaired) electrons. The number of aliphatic imine (C=N–C) groups is 1. The van der Waals surface area contributed by atoms with Crippen LogP contribution in [0.3, 0.4) is 0 Å². The van der Waals surface area contributed by atoms with Crippen molar-refractivity contribution in [3.8, 4) is 0 Å². The Morgan fingerprint density at radius 2 is 2.12 bits per heavy atom. The molecular formula is C16H29IN4O2S. The molecule has 0 saturated carbocycles. The number of rotatable bonds is 8. The van der Waals surface area contributed by atoms with E-state index in [9.17, 15) is 9.90 Å². The maximum atomic E-state index is 11.6. The monoisotopic (exact) mass is 468 g/mol. The van der Waals surface area contributed by atoms with Gasteiger partial charge in [-0.15, -0.1) is 35.3 Å². The Bertz CT molecular complexity index is 504. The van der Waals surface area contributed by atoms with Crippen LogP contribution in [0, 0.1) is 0 Å². The molecule has 0 saturated heterocycles. The minimum atomic E-state index is -0.995. The lowest BCUT2D eigenvalue weighted by molar-refractivity contribution is -0.121. The summed E-state index contributed by atoms with van der Waals surface area (Å²) in [6, 6.07) is 3.96. The normalized spacial score (nSPS) is 13.8. The summed E-state index contributed by atoms with van der Waals surface area (Å²) in [4.78, 5) is 16.9.